The molecule has 2 aliphatic carbocycles. The minimum atomic E-state index is -0.768. The van der Waals surface area contributed by atoms with Crippen LogP contribution in [-0.2, 0) is 9.59 Å². The number of nitrogens with zero attached hydrogens (tertiary/aromatic N) is 3. The van der Waals surface area contributed by atoms with Crippen LogP contribution in [0.15, 0.2) is 48.5 Å². The maximum Gasteiger partial charge on any atom is 0.274 e. The molecule has 1 saturated heterocycles. The Morgan fingerprint density at radius 1 is 1.00 bits per heavy atom. The van der Waals surface area contributed by atoms with Crippen LogP contribution in [-0.4, -0.2) is 54.6 Å². The number of alkyl halides is 2. The third-order valence-electron chi connectivity index (χ3n) is 7.24. The van der Waals surface area contributed by atoms with Crippen molar-refractivity contribution in [3.05, 3.63) is 74.8 Å². The Bertz CT molecular complexity index is 1270. The second-order valence-electron chi connectivity index (χ2n) is 9.06. The zero-order valence-corrected chi connectivity index (χ0v) is 22.4. The van der Waals surface area contributed by atoms with E-state index in [9.17, 15) is 29.3 Å². The molecule has 1 heterocycles. The summed E-state index contributed by atoms with van der Waals surface area (Å²) in [6.45, 7) is -0.621. The van der Waals surface area contributed by atoms with E-state index in [1.807, 2.05) is 0 Å². The number of carbonyl (C=O) groups excluding carboxylic acids is 4. The maximum absolute atomic E-state index is 13.6. The number of halogens is 3. The molecule has 36 heavy (non-hydrogen) atoms. The fourth-order valence-corrected chi connectivity index (χ4v) is 7.66. The highest BCUT2D eigenvalue weighted by Crippen LogP contribution is 2.60. The predicted molar refractivity (Wildman–Crippen MR) is 136 cm³/mol. The second kappa shape index (κ2) is 9.35. The van der Waals surface area contributed by atoms with Gasteiger partial charge in [-0.05, 0) is 42.5 Å². The predicted octanol–water partition coefficient (Wildman–Crippen LogP) is 4.27. The van der Waals surface area contributed by atoms with E-state index in [2.05, 4.69) is 31.9 Å². The summed E-state index contributed by atoms with van der Waals surface area (Å²) in [7, 11) is 0. The first kappa shape index (κ1) is 25.0. The molecule has 2 aromatic carbocycles. The van der Waals surface area contributed by atoms with Gasteiger partial charge in [-0.25, -0.2) is 5.01 Å². The number of non-ortho nitro benzene ring substituents is 1. The van der Waals surface area contributed by atoms with Crippen LogP contribution < -0.4 is 0 Å². The van der Waals surface area contributed by atoms with Crippen molar-refractivity contribution in [2.75, 3.05) is 6.54 Å². The Kier molecular flexibility index (Phi) is 6.50. The minimum absolute atomic E-state index is 0.00918. The summed E-state index contributed by atoms with van der Waals surface area (Å²) >= 11 is 13.5. The van der Waals surface area contributed by atoms with Gasteiger partial charge in [-0.15, -0.1) is 0 Å². The molecule has 186 valence electrons. The summed E-state index contributed by atoms with van der Waals surface area (Å²) in [5.74, 6) is -3.72. The molecule has 0 aromatic heterocycles. The molecule has 2 bridgehead atoms. The number of imide groups is 1. The summed E-state index contributed by atoms with van der Waals surface area (Å²) in [6.07, 6.45) is 0.715. The lowest BCUT2D eigenvalue weighted by molar-refractivity contribution is -0.384. The number of carbonyl (C=O) groups is 4. The highest BCUT2D eigenvalue weighted by molar-refractivity contribution is 9.12. The Morgan fingerprint density at radius 3 is 2.08 bits per heavy atom. The van der Waals surface area contributed by atoms with Gasteiger partial charge in [0.2, 0.25) is 0 Å². The molecule has 3 aliphatic rings. The summed E-state index contributed by atoms with van der Waals surface area (Å²) in [6, 6.07) is 11.1. The molecular weight excluding hydrogens is 622 g/mol. The van der Waals surface area contributed by atoms with Crippen LogP contribution in [0, 0.1) is 33.8 Å². The number of hydrogen-bond donors (Lipinski definition) is 0. The van der Waals surface area contributed by atoms with E-state index in [0.29, 0.717) is 6.42 Å². The van der Waals surface area contributed by atoms with Gasteiger partial charge in [0, 0.05) is 27.4 Å². The number of rotatable bonds is 6. The molecular formula is C24H18Br2ClN3O6. The van der Waals surface area contributed by atoms with Crippen LogP contribution >= 0.6 is 43.5 Å². The molecule has 6 atom stereocenters. The number of nitro benzene ring substituents is 1. The Balaban J connectivity index is 1.50. The average Bonchev–Trinajstić information content (AvgIpc) is 3.47. The van der Waals surface area contributed by atoms with E-state index < -0.39 is 46.8 Å². The van der Waals surface area contributed by atoms with Gasteiger partial charge in [0.1, 0.15) is 6.54 Å². The molecule has 2 aromatic rings. The number of Topliss-reactive ketones (excluding diaryl/α,β-unsaturated/α-hetero) is 1. The third-order valence-corrected chi connectivity index (χ3v) is 10.8. The van der Waals surface area contributed by atoms with Crippen molar-refractivity contribution in [1.29, 1.82) is 0 Å². The molecule has 1 aliphatic heterocycles. The number of amides is 3. The van der Waals surface area contributed by atoms with Gasteiger partial charge in [0.15, 0.2) is 5.78 Å². The number of hydrogen-bond acceptors (Lipinski definition) is 6. The molecule has 0 spiro atoms. The molecule has 0 unspecified atom stereocenters. The first-order chi connectivity index (χ1) is 17.1. The lowest BCUT2D eigenvalue weighted by Gasteiger charge is -2.31. The highest BCUT2D eigenvalue weighted by atomic mass is 79.9. The van der Waals surface area contributed by atoms with Gasteiger partial charge < -0.3 is 0 Å². The fourth-order valence-electron chi connectivity index (χ4n) is 5.57. The van der Waals surface area contributed by atoms with Crippen molar-refractivity contribution in [1.82, 2.24) is 10.0 Å². The lowest BCUT2D eigenvalue weighted by Crippen LogP contribution is -2.52. The third kappa shape index (κ3) is 3.88. The SMILES string of the molecule is O=C(CN(C(=O)c1ccccc1Cl)N1C(=O)[C@@H]2[C@H]3C[C@@H]([C@H](Br)[C@@H]3Br)[C@@H]2C1=O)c1ccc([N+](=O)[O-])cc1. The number of nitro groups is 1. The summed E-state index contributed by atoms with van der Waals surface area (Å²) in [5.41, 5.74) is -0.0663. The average molecular weight is 640 g/mol. The largest absolute Gasteiger partial charge is 0.292 e. The van der Waals surface area contributed by atoms with Crippen molar-refractivity contribution in [3.8, 4) is 0 Å². The van der Waals surface area contributed by atoms with E-state index >= 15 is 0 Å². The minimum Gasteiger partial charge on any atom is -0.292 e. The van der Waals surface area contributed by atoms with Crippen molar-refractivity contribution in [3.63, 3.8) is 0 Å². The lowest BCUT2D eigenvalue weighted by atomic mass is 9.81. The van der Waals surface area contributed by atoms with Gasteiger partial charge >= 0.3 is 0 Å². The Morgan fingerprint density at radius 2 is 1.56 bits per heavy atom. The molecule has 3 fully saturated rings. The molecule has 5 rings (SSSR count). The molecule has 0 N–H and O–H groups in total. The smallest absolute Gasteiger partial charge is 0.274 e. The van der Waals surface area contributed by atoms with Crippen LogP contribution in [0.1, 0.15) is 27.1 Å². The zero-order chi connectivity index (χ0) is 25.9. The van der Waals surface area contributed by atoms with Gasteiger partial charge in [-0.3, -0.25) is 29.3 Å². The van der Waals surface area contributed by atoms with Crippen LogP contribution in [0.4, 0.5) is 5.69 Å². The van der Waals surface area contributed by atoms with E-state index in [1.54, 1.807) is 12.1 Å². The number of fused-ring (bicyclic) bond motifs is 5. The first-order valence-corrected chi connectivity index (χ1v) is 13.3. The fraction of sp³-hybridized carbons (Fsp3) is 0.333. The second-order valence-corrected chi connectivity index (χ2v) is 11.6. The topological polar surface area (TPSA) is 118 Å². The van der Waals surface area contributed by atoms with Crippen LogP contribution in [0.25, 0.3) is 0 Å². The molecule has 3 amide bonds. The van der Waals surface area contributed by atoms with E-state index in [4.69, 9.17) is 11.6 Å². The monoisotopic (exact) mass is 637 g/mol. The van der Waals surface area contributed by atoms with Crippen LogP contribution in [0.3, 0.4) is 0 Å². The zero-order valence-electron chi connectivity index (χ0n) is 18.4. The van der Waals surface area contributed by atoms with Gasteiger partial charge in [0.25, 0.3) is 23.4 Å². The van der Waals surface area contributed by atoms with E-state index in [1.165, 1.54) is 36.4 Å². The quantitative estimate of drug-likeness (QED) is 0.153. The van der Waals surface area contributed by atoms with Crippen molar-refractivity contribution in [2.24, 2.45) is 23.7 Å². The molecule has 9 nitrogen and oxygen atoms in total. The van der Waals surface area contributed by atoms with Gasteiger partial charge in [-0.2, -0.15) is 5.01 Å². The normalized spacial score (nSPS) is 28.4. The van der Waals surface area contributed by atoms with Gasteiger partial charge in [0.05, 0.1) is 27.3 Å². The summed E-state index contributed by atoms with van der Waals surface area (Å²) < 4.78 is 0. The van der Waals surface area contributed by atoms with Crippen molar-refractivity contribution >= 4 is 72.7 Å². The summed E-state index contributed by atoms with van der Waals surface area (Å²) in [4.78, 5) is 64.3. The van der Waals surface area contributed by atoms with Crippen LogP contribution in [0.2, 0.25) is 5.02 Å². The highest BCUT2D eigenvalue weighted by Gasteiger charge is 2.67. The van der Waals surface area contributed by atoms with E-state index in [0.717, 1.165) is 10.0 Å². The van der Waals surface area contributed by atoms with E-state index in [-0.39, 0.29) is 43.3 Å². The Labute approximate surface area is 227 Å². The number of ketones is 1. The molecule has 12 heteroatoms. The summed E-state index contributed by atoms with van der Waals surface area (Å²) in [5, 5.41) is 12.7. The number of hydrazine groups is 1. The van der Waals surface area contributed by atoms with Crippen molar-refractivity contribution in [2.45, 2.75) is 16.1 Å². The first-order valence-electron chi connectivity index (χ1n) is 11.1. The Hall–Kier alpha value is -2.63. The molecule has 0 radical (unpaired) electrons. The standard InChI is InChI=1S/C24H18Br2ClN3O6/c25-20-14-9-15(21(20)26)19-18(14)23(33)29(24(19)34)28(22(32)13-3-1-2-4-16(13)27)10-17(31)11-5-7-12(8-6-11)30(35)36/h1-8,14-15,18-21H,9-10H2/t14-,15-,18-,19+,20-,21+/m1/s1. The molecule has 2 saturated carbocycles. The van der Waals surface area contributed by atoms with Gasteiger partial charge in [-0.1, -0.05) is 55.6 Å². The van der Waals surface area contributed by atoms with Crippen LogP contribution in [0.5, 0.6) is 0 Å². The number of benzene rings is 2. The van der Waals surface area contributed by atoms with Crippen molar-refractivity contribution < 1.29 is 24.1 Å². The maximum atomic E-state index is 13.6.